The first kappa shape index (κ1) is 28.8. The third-order valence-corrected chi connectivity index (χ3v) is 9.70. The second-order valence-corrected chi connectivity index (χ2v) is 12.4. The number of nitrogens with zero attached hydrogens (tertiary/aromatic N) is 1. The van der Waals surface area contributed by atoms with Gasteiger partial charge in [-0.25, -0.2) is 0 Å². The minimum atomic E-state index is -1.15. The Morgan fingerprint density at radius 2 is 1.90 bits per heavy atom. The number of amides is 3. The first-order valence-corrected chi connectivity index (χ1v) is 15.1. The summed E-state index contributed by atoms with van der Waals surface area (Å²) in [7, 11) is 0. The first-order chi connectivity index (χ1) is 19.2. The molecule has 8 nitrogen and oxygen atoms in total. The van der Waals surface area contributed by atoms with E-state index in [1.54, 1.807) is 4.90 Å². The number of likely N-dealkylation sites (tertiary alicyclic amines) is 1. The lowest BCUT2D eigenvalue weighted by atomic mass is 9.73. The number of hydrogen-bond acceptors (Lipinski definition) is 5. The van der Waals surface area contributed by atoms with E-state index in [1.807, 2.05) is 43.3 Å². The lowest BCUT2D eigenvalue weighted by Gasteiger charge is -2.38. The summed E-state index contributed by atoms with van der Waals surface area (Å²) in [5.41, 5.74) is 0.723. The maximum absolute atomic E-state index is 14.1. The Hall–Kier alpha value is -2.71. The molecule has 3 amide bonds. The summed E-state index contributed by atoms with van der Waals surface area (Å²) in [5, 5.41) is 6.32. The minimum absolute atomic E-state index is 0.0579. The number of fused-ring (bicyclic) bond motifs is 1. The Morgan fingerprint density at radius 1 is 1.15 bits per heavy atom. The van der Waals surface area contributed by atoms with E-state index in [4.69, 9.17) is 9.47 Å². The standard InChI is InChI=1S/C32H45N3O5/c1-6-39-18-8-17-35-28(30(37)34-24-10-7-9-20(4)21(24)5)32-16-15-25(40-32)26(27(32)31(35)38)29(36)33-23-13-11-22(12-14-23)19(2)3/h11-16,19-21,24-28H,6-10,17-18H2,1-5H3,(H,33,36)(H,34,37). The zero-order chi connectivity index (χ0) is 28.6. The van der Waals surface area contributed by atoms with E-state index in [9.17, 15) is 14.4 Å². The third kappa shape index (κ3) is 5.09. The summed E-state index contributed by atoms with van der Waals surface area (Å²) in [4.78, 5) is 43.4. The Balaban J connectivity index is 1.39. The summed E-state index contributed by atoms with van der Waals surface area (Å²) in [6.45, 7) is 12.1. The van der Waals surface area contributed by atoms with Crippen molar-refractivity contribution >= 4 is 23.4 Å². The van der Waals surface area contributed by atoms with Gasteiger partial charge < -0.3 is 25.0 Å². The summed E-state index contributed by atoms with van der Waals surface area (Å²) in [6, 6.07) is 7.04. The van der Waals surface area contributed by atoms with Gasteiger partial charge in [0.05, 0.1) is 17.9 Å². The zero-order valence-corrected chi connectivity index (χ0v) is 24.5. The van der Waals surface area contributed by atoms with Crippen molar-refractivity contribution in [2.24, 2.45) is 23.7 Å². The Bertz CT molecular complexity index is 1130. The fraction of sp³-hybridized carbons (Fsp3) is 0.656. The fourth-order valence-electron chi connectivity index (χ4n) is 7.21. The van der Waals surface area contributed by atoms with E-state index >= 15 is 0 Å². The molecule has 1 aliphatic carbocycles. The van der Waals surface area contributed by atoms with E-state index in [1.165, 1.54) is 5.56 Å². The molecule has 0 radical (unpaired) electrons. The van der Waals surface area contributed by atoms with Crippen molar-refractivity contribution < 1.29 is 23.9 Å². The normalized spacial score (nSPS) is 34.4. The van der Waals surface area contributed by atoms with E-state index in [2.05, 4.69) is 38.3 Å². The van der Waals surface area contributed by atoms with Crippen LogP contribution in [-0.2, 0) is 23.9 Å². The van der Waals surface area contributed by atoms with Crippen molar-refractivity contribution in [1.82, 2.24) is 10.2 Å². The number of carbonyl (C=O) groups excluding carboxylic acids is 3. The van der Waals surface area contributed by atoms with E-state index < -0.39 is 29.6 Å². The number of benzene rings is 1. The molecule has 5 rings (SSSR count). The molecule has 1 aromatic carbocycles. The fourth-order valence-corrected chi connectivity index (χ4v) is 7.21. The van der Waals surface area contributed by atoms with Crippen LogP contribution in [-0.4, -0.2) is 66.2 Å². The summed E-state index contributed by atoms with van der Waals surface area (Å²) >= 11 is 0. The van der Waals surface area contributed by atoms with Crippen molar-refractivity contribution in [2.75, 3.05) is 25.1 Å². The molecule has 218 valence electrons. The van der Waals surface area contributed by atoms with Gasteiger partial charge in [0.15, 0.2) is 0 Å². The van der Waals surface area contributed by atoms with Crippen LogP contribution in [0.5, 0.6) is 0 Å². The van der Waals surface area contributed by atoms with E-state index in [0.717, 1.165) is 19.3 Å². The topological polar surface area (TPSA) is 97.0 Å². The number of hydrogen-bond donors (Lipinski definition) is 2. The maximum Gasteiger partial charge on any atom is 0.246 e. The van der Waals surface area contributed by atoms with E-state index in [0.29, 0.717) is 49.6 Å². The van der Waals surface area contributed by atoms with Crippen molar-refractivity contribution in [3.63, 3.8) is 0 Å². The number of ether oxygens (including phenoxy) is 2. The lowest BCUT2D eigenvalue weighted by Crippen LogP contribution is -2.58. The van der Waals surface area contributed by atoms with Crippen LogP contribution in [0.4, 0.5) is 5.69 Å². The average molecular weight is 552 g/mol. The molecule has 0 aromatic heterocycles. The molecule has 1 spiro atoms. The summed E-state index contributed by atoms with van der Waals surface area (Å²) < 4.78 is 12.0. The van der Waals surface area contributed by atoms with Gasteiger partial charge in [0.1, 0.15) is 11.6 Å². The van der Waals surface area contributed by atoms with Crippen LogP contribution in [0.1, 0.15) is 71.8 Å². The Kier molecular flexibility index (Phi) is 8.39. The van der Waals surface area contributed by atoms with Crippen LogP contribution in [0.25, 0.3) is 0 Å². The van der Waals surface area contributed by atoms with E-state index in [-0.39, 0.29) is 23.8 Å². The summed E-state index contributed by atoms with van der Waals surface area (Å²) in [5.74, 6) is -0.813. The molecule has 2 saturated heterocycles. The molecular formula is C32H45N3O5. The van der Waals surface area contributed by atoms with Gasteiger partial charge in [-0.15, -0.1) is 0 Å². The Labute approximate surface area is 238 Å². The molecule has 40 heavy (non-hydrogen) atoms. The lowest BCUT2D eigenvalue weighted by molar-refractivity contribution is -0.141. The number of carbonyl (C=O) groups is 3. The third-order valence-electron chi connectivity index (χ3n) is 9.70. The number of anilines is 1. The molecule has 2 N–H and O–H groups in total. The molecule has 1 aromatic rings. The maximum atomic E-state index is 14.1. The quantitative estimate of drug-likeness (QED) is 0.335. The van der Waals surface area contributed by atoms with Gasteiger partial charge in [-0.1, -0.05) is 64.8 Å². The second-order valence-electron chi connectivity index (χ2n) is 12.4. The second kappa shape index (κ2) is 11.6. The van der Waals surface area contributed by atoms with Gasteiger partial charge in [-0.2, -0.15) is 0 Å². The van der Waals surface area contributed by atoms with Gasteiger partial charge >= 0.3 is 0 Å². The molecular weight excluding hydrogens is 506 g/mol. The summed E-state index contributed by atoms with van der Waals surface area (Å²) in [6.07, 6.45) is 6.97. The van der Waals surface area contributed by atoms with Crippen molar-refractivity contribution in [3.8, 4) is 0 Å². The Morgan fingerprint density at radius 3 is 2.60 bits per heavy atom. The molecule has 3 fully saturated rings. The molecule has 3 aliphatic heterocycles. The van der Waals surface area contributed by atoms with Crippen LogP contribution in [0.3, 0.4) is 0 Å². The zero-order valence-electron chi connectivity index (χ0n) is 24.5. The predicted octanol–water partition coefficient (Wildman–Crippen LogP) is 4.27. The number of rotatable bonds is 10. The van der Waals surface area contributed by atoms with Crippen LogP contribution >= 0.6 is 0 Å². The van der Waals surface area contributed by atoms with Crippen LogP contribution in [0.2, 0.25) is 0 Å². The van der Waals surface area contributed by atoms with Crippen molar-refractivity contribution in [2.45, 2.75) is 90.0 Å². The predicted molar refractivity (Wildman–Crippen MR) is 154 cm³/mol. The molecule has 8 atom stereocenters. The molecule has 1 saturated carbocycles. The van der Waals surface area contributed by atoms with Gasteiger partial charge in [0.2, 0.25) is 17.7 Å². The van der Waals surface area contributed by atoms with Crippen LogP contribution < -0.4 is 10.6 Å². The van der Waals surface area contributed by atoms with Crippen molar-refractivity contribution in [1.29, 1.82) is 0 Å². The van der Waals surface area contributed by atoms with Gasteiger partial charge in [-0.05, 0) is 55.2 Å². The monoisotopic (exact) mass is 551 g/mol. The van der Waals surface area contributed by atoms with Crippen LogP contribution in [0.15, 0.2) is 36.4 Å². The highest BCUT2D eigenvalue weighted by molar-refractivity contribution is 6.02. The van der Waals surface area contributed by atoms with Crippen LogP contribution in [0, 0.1) is 23.7 Å². The molecule has 8 heteroatoms. The highest BCUT2D eigenvalue weighted by Crippen LogP contribution is 2.55. The van der Waals surface area contributed by atoms with Gasteiger partial charge in [-0.3, -0.25) is 14.4 Å². The largest absolute Gasteiger partial charge is 0.382 e. The SMILES string of the molecule is CCOCCCN1C(=O)C2C(C(=O)Nc3ccc(C(C)C)cc3)C3C=CC2(O3)C1C(=O)NC1CCCC(C)C1C. The molecule has 2 bridgehead atoms. The first-order valence-electron chi connectivity index (χ1n) is 15.1. The molecule has 3 heterocycles. The van der Waals surface area contributed by atoms with Gasteiger partial charge in [0, 0.05) is 31.5 Å². The smallest absolute Gasteiger partial charge is 0.246 e. The van der Waals surface area contributed by atoms with Crippen molar-refractivity contribution in [3.05, 3.63) is 42.0 Å². The number of nitrogens with one attached hydrogen (secondary N) is 2. The minimum Gasteiger partial charge on any atom is -0.382 e. The highest BCUT2D eigenvalue weighted by atomic mass is 16.5. The van der Waals surface area contributed by atoms with Gasteiger partial charge in [0.25, 0.3) is 0 Å². The average Bonchev–Trinajstić information content (AvgIpc) is 3.57. The molecule has 4 aliphatic rings. The highest BCUT2D eigenvalue weighted by Gasteiger charge is 2.72. The molecule has 8 unspecified atom stereocenters.